The number of hydrogen-bond donors (Lipinski definition) is 2. The molecule has 0 aromatic heterocycles. The fourth-order valence-electron chi connectivity index (χ4n) is 2.59. The number of aliphatic carboxylic acids is 1. The average Bonchev–Trinajstić information content (AvgIpc) is 2.89. The molecule has 1 rings (SSSR count). The molecule has 0 saturated heterocycles. The van der Waals surface area contributed by atoms with Crippen LogP contribution in [-0.4, -0.2) is 22.0 Å². The van der Waals surface area contributed by atoms with Crippen LogP contribution >= 0.6 is 0 Å². The molecule has 1 aliphatic carbocycles. The molecule has 0 bridgehead atoms. The molecule has 0 aromatic carbocycles. The number of carbonyl (C=O) groups excluding carboxylic acids is 1. The normalized spacial score (nSPS) is 21.4. The van der Waals surface area contributed by atoms with E-state index in [4.69, 9.17) is 5.11 Å². The summed E-state index contributed by atoms with van der Waals surface area (Å²) in [4.78, 5) is 22.4. The number of unbranched alkanes of at least 4 members (excludes halogenated alkanes) is 3. The summed E-state index contributed by atoms with van der Waals surface area (Å²) in [7, 11) is 0. The maximum absolute atomic E-state index is 11.9. The Kier molecular flexibility index (Phi) is 9.51. The number of ketones is 1. The second-order valence-corrected chi connectivity index (χ2v) is 6.07. The van der Waals surface area contributed by atoms with Crippen molar-refractivity contribution in [3.05, 3.63) is 48.3 Å². The largest absolute Gasteiger partial charge is 0.508 e. The molecule has 4 heteroatoms. The van der Waals surface area contributed by atoms with Gasteiger partial charge in [-0.25, -0.2) is 0 Å². The number of allylic oxidation sites excluding steroid dienone is 7. The molecule has 2 atom stereocenters. The lowest BCUT2D eigenvalue weighted by Gasteiger charge is -2.12. The molecule has 4 nitrogen and oxygen atoms in total. The van der Waals surface area contributed by atoms with Crippen molar-refractivity contribution < 1.29 is 19.8 Å². The zero-order valence-corrected chi connectivity index (χ0v) is 14.4. The summed E-state index contributed by atoms with van der Waals surface area (Å²) >= 11 is 0. The van der Waals surface area contributed by atoms with E-state index in [1.165, 1.54) is 0 Å². The van der Waals surface area contributed by atoms with E-state index in [0.717, 1.165) is 32.1 Å². The first-order valence-corrected chi connectivity index (χ1v) is 8.70. The monoisotopic (exact) mass is 332 g/mol. The first kappa shape index (κ1) is 19.9. The van der Waals surface area contributed by atoms with Crippen LogP contribution in [0.2, 0.25) is 0 Å². The van der Waals surface area contributed by atoms with Gasteiger partial charge in [-0.15, -0.1) is 0 Å². The zero-order chi connectivity index (χ0) is 17.8. The van der Waals surface area contributed by atoms with Crippen LogP contribution in [0.5, 0.6) is 0 Å². The van der Waals surface area contributed by atoms with Crippen LogP contribution in [0, 0.1) is 11.8 Å². The molecule has 0 aromatic rings. The maximum atomic E-state index is 11.9. The number of carboxylic acid groups (broad SMARTS) is 1. The third-order valence-electron chi connectivity index (χ3n) is 4.02. The van der Waals surface area contributed by atoms with Crippen molar-refractivity contribution in [1.29, 1.82) is 0 Å². The highest BCUT2D eigenvalue weighted by Crippen LogP contribution is 2.27. The summed E-state index contributed by atoms with van der Waals surface area (Å²) in [5, 5.41) is 18.4. The lowest BCUT2D eigenvalue weighted by molar-refractivity contribution is -0.137. The predicted octanol–water partition coefficient (Wildman–Crippen LogP) is 4.75. The van der Waals surface area contributed by atoms with Crippen LogP contribution in [0.4, 0.5) is 0 Å². The summed E-state index contributed by atoms with van der Waals surface area (Å²) in [6.07, 6.45) is 17.9. The Morgan fingerprint density at radius 1 is 1.21 bits per heavy atom. The SMILES string of the molecule is CCCC/C=C(O)/C=C/C1C(=O)C=CC1C/C=C\CCCC(=O)O. The molecule has 0 saturated carbocycles. The van der Waals surface area contributed by atoms with Crippen LogP contribution in [-0.2, 0) is 9.59 Å². The van der Waals surface area contributed by atoms with Gasteiger partial charge in [-0.2, -0.15) is 0 Å². The molecular weight excluding hydrogens is 304 g/mol. The molecule has 0 spiro atoms. The van der Waals surface area contributed by atoms with E-state index >= 15 is 0 Å². The van der Waals surface area contributed by atoms with E-state index in [9.17, 15) is 14.7 Å². The van der Waals surface area contributed by atoms with Gasteiger partial charge in [0.05, 0.1) is 0 Å². The summed E-state index contributed by atoms with van der Waals surface area (Å²) in [6, 6.07) is 0. The van der Waals surface area contributed by atoms with Gasteiger partial charge in [-0.3, -0.25) is 9.59 Å². The number of aliphatic hydroxyl groups is 1. The summed E-state index contributed by atoms with van der Waals surface area (Å²) in [5.41, 5.74) is 0. The average molecular weight is 332 g/mol. The molecule has 0 aliphatic heterocycles. The van der Waals surface area contributed by atoms with Crippen molar-refractivity contribution in [3.8, 4) is 0 Å². The third-order valence-corrected chi connectivity index (χ3v) is 4.02. The highest BCUT2D eigenvalue weighted by molar-refractivity contribution is 5.95. The molecule has 1 aliphatic rings. The van der Waals surface area contributed by atoms with E-state index in [-0.39, 0.29) is 29.8 Å². The lowest BCUT2D eigenvalue weighted by atomic mass is 9.91. The summed E-state index contributed by atoms with van der Waals surface area (Å²) in [5.74, 6) is -0.615. The van der Waals surface area contributed by atoms with Gasteiger partial charge in [0, 0.05) is 12.3 Å². The van der Waals surface area contributed by atoms with Gasteiger partial charge in [-0.1, -0.05) is 37.6 Å². The van der Waals surface area contributed by atoms with Gasteiger partial charge < -0.3 is 10.2 Å². The Morgan fingerprint density at radius 2 is 2.00 bits per heavy atom. The molecule has 2 N–H and O–H groups in total. The first-order valence-electron chi connectivity index (χ1n) is 8.70. The third kappa shape index (κ3) is 7.95. The zero-order valence-electron chi connectivity index (χ0n) is 14.4. The maximum Gasteiger partial charge on any atom is 0.303 e. The minimum Gasteiger partial charge on any atom is -0.508 e. The van der Waals surface area contributed by atoms with Gasteiger partial charge in [0.2, 0.25) is 0 Å². The Hall–Kier alpha value is -2.10. The Labute approximate surface area is 144 Å². The van der Waals surface area contributed by atoms with Crippen molar-refractivity contribution in [2.24, 2.45) is 11.8 Å². The number of carbonyl (C=O) groups is 2. The smallest absolute Gasteiger partial charge is 0.303 e. The highest BCUT2D eigenvalue weighted by Gasteiger charge is 2.26. The van der Waals surface area contributed by atoms with Crippen LogP contribution in [0.25, 0.3) is 0 Å². The molecule has 0 heterocycles. The van der Waals surface area contributed by atoms with E-state index in [1.54, 1.807) is 24.3 Å². The minimum atomic E-state index is -0.773. The second kappa shape index (κ2) is 11.4. The van der Waals surface area contributed by atoms with Gasteiger partial charge in [0.15, 0.2) is 5.78 Å². The standard InChI is InChI=1S/C20H28O4/c1-2-3-6-10-17(21)13-14-18-16(12-15-19(18)22)9-7-4-5-8-11-20(23)24/h4,7,10,12-16,18,21H,2-3,5-6,8-9,11H2,1H3,(H,23,24)/b7-4-,14-13+,17-10-. The quantitative estimate of drug-likeness (QED) is 0.248. The van der Waals surface area contributed by atoms with Crippen LogP contribution in [0.1, 0.15) is 51.9 Å². The Morgan fingerprint density at radius 3 is 2.71 bits per heavy atom. The fourth-order valence-corrected chi connectivity index (χ4v) is 2.59. The fraction of sp³-hybridized carbons (Fsp3) is 0.500. The number of hydrogen-bond acceptors (Lipinski definition) is 3. The van der Waals surface area contributed by atoms with Crippen molar-refractivity contribution in [1.82, 2.24) is 0 Å². The number of rotatable bonds is 11. The van der Waals surface area contributed by atoms with Gasteiger partial charge in [-0.05, 0) is 56.3 Å². The Balaban J connectivity index is 2.45. The predicted molar refractivity (Wildman–Crippen MR) is 95.7 cm³/mol. The van der Waals surface area contributed by atoms with Gasteiger partial charge in [0.25, 0.3) is 0 Å². The van der Waals surface area contributed by atoms with Crippen molar-refractivity contribution in [2.75, 3.05) is 0 Å². The molecular formula is C20H28O4. The van der Waals surface area contributed by atoms with E-state index in [1.807, 2.05) is 18.2 Å². The molecule has 24 heavy (non-hydrogen) atoms. The number of carboxylic acids is 1. The summed E-state index contributed by atoms with van der Waals surface area (Å²) < 4.78 is 0. The van der Waals surface area contributed by atoms with Crippen LogP contribution < -0.4 is 0 Å². The Bertz CT molecular complexity index is 526. The van der Waals surface area contributed by atoms with E-state index in [0.29, 0.717) is 6.42 Å². The van der Waals surface area contributed by atoms with Crippen molar-refractivity contribution in [2.45, 2.75) is 51.9 Å². The molecule has 0 radical (unpaired) electrons. The molecule has 2 unspecified atom stereocenters. The van der Waals surface area contributed by atoms with E-state index in [2.05, 4.69) is 6.92 Å². The van der Waals surface area contributed by atoms with Crippen LogP contribution in [0.3, 0.4) is 0 Å². The molecule has 0 amide bonds. The molecule has 0 fully saturated rings. The highest BCUT2D eigenvalue weighted by atomic mass is 16.4. The first-order chi connectivity index (χ1) is 11.5. The summed E-state index contributed by atoms with van der Waals surface area (Å²) in [6.45, 7) is 2.10. The number of aliphatic hydroxyl groups excluding tert-OH is 1. The van der Waals surface area contributed by atoms with Crippen molar-refractivity contribution >= 4 is 11.8 Å². The second-order valence-electron chi connectivity index (χ2n) is 6.07. The van der Waals surface area contributed by atoms with E-state index < -0.39 is 5.97 Å². The van der Waals surface area contributed by atoms with Crippen molar-refractivity contribution in [3.63, 3.8) is 0 Å². The van der Waals surface area contributed by atoms with Gasteiger partial charge >= 0.3 is 5.97 Å². The molecule has 132 valence electrons. The van der Waals surface area contributed by atoms with Gasteiger partial charge in [0.1, 0.15) is 5.76 Å². The van der Waals surface area contributed by atoms with Crippen LogP contribution in [0.15, 0.2) is 48.3 Å². The minimum absolute atomic E-state index is 0.0666. The lowest BCUT2D eigenvalue weighted by Crippen LogP contribution is -2.12. The topological polar surface area (TPSA) is 74.6 Å².